The number of ketones is 1. The van der Waals surface area contributed by atoms with Gasteiger partial charge in [0.15, 0.2) is 16.8 Å². The summed E-state index contributed by atoms with van der Waals surface area (Å²) in [5.41, 5.74) is 1.14. The van der Waals surface area contributed by atoms with Gasteiger partial charge in [-0.25, -0.2) is 0 Å². The summed E-state index contributed by atoms with van der Waals surface area (Å²) in [7, 11) is 3.16. The number of carbonyl (C=O) groups is 1. The second-order valence-corrected chi connectivity index (χ2v) is 7.11. The number of nitro benzene ring substituents is 1. The average Bonchev–Trinajstić information content (AvgIpc) is 3.20. The van der Waals surface area contributed by atoms with Crippen LogP contribution < -0.4 is 9.47 Å². The first-order valence-electron chi connectivity index (χ1n) is 9.04. The second-order valence-electron chi connectivity index (χ2n) is 6.17. The lowest BCUT2D eigenvalue weighted by Gasteiger charge is -2.10. The van der Waals surface area contributed by atoms with Gasteiger partial charge in [-0.05, 0) is 31.2 Å². The van der Waals surface area contributed by atoms with E-state index in [1.807, 2.05) is 23.6 Å². The molecule has 0 unspecified atom stereocenters. The number of Topliss-reactive ketones (excluding diaryl/α,β-unsaturated/α-hetero) is 1. The molecule has 0 saturated carbocycles. The first-order valence-corrected chi connectivity index (χ1v) is 10.0. The van der Waals surface area contributed by atoms with Gasteiger partial charge in [0.1, 0.15) is 11.5 Å². The molecule has 9 nitrogen and oxygen atoms in total. The van der Waals surface area contributed by atoms with E-state index in [9.17, 15) is 14.9 Å². The lowest BCUT2D eigenvalue weighted by molar-refractivity contribution is -0.384. The van der Waals surface area contributed by atoms with E-state index in [1.165, 1.54) is 36.0 Å². The number of rotatable bonds is 9. The molecule has 0 amide bonds. The van der Waals surface area contributed by atoms with Crippen LogP contribution in [0.15, 0.2) is 47.6 Å². The smallest absolute Gasteiger partial charge is 0.269 e. The van der Waals surface area contributed by atoms with Gasteiger partial charge in [0, 0.05) is 35.9 Å². The van der Waals surface area contributed by atoms with Gasteiger partial charge in [-0.1, -0.05) is 11.8 Å². The summed E-state index contributed by atoms with van der Waals surface area (Å²) in [6.07, 6.45) is 0. The first-order chi connectivity index (χ1) is 14.5. The monoisotopic (exact) mass is 428 g/mol. The number of ether oxygens (including phenoxy) is 2. The number of methoxy groups -OCH3 is 2. The normalized spacial score (nSPS) is 10.6. The zero-order valence-electron chi connectivity index (χ0n) is 16.7. The minimum absolute atomic E-state index is 0.0525. The Balaban J connectivity index is 1.79. The SMILES string of the molecule is CCn1c(SCC(=O)c2ccc([N+](=O)[O-])cc2)nnc1-c1cc(OC)cc(OC)c1. The van der Waals surface area contributed by atoms with Gasteiger partial charge >= 0.3 is 0 Å². The van der Waals surface area contributed by atoms with Crippen molar-refractivity contribution in [2.45, 2.75) is 18.6 Å². The number of hydrogen-bond acceptors (Lipinski definition) is 8. The van der Waals surface area contributed by atoms with Crippen molar-refractivity contribution in [2.24, 2.45) is 0 Å². The Morgan fingerprint density at radius 3 is 2.27 bits per heavy atom. The van der Waals surface area contributed by atoms with Crippen LogP contribution in [0.2, 0.25) is 0 Å². The van der Waals surface area contributed by atoms with Crippen molar-refractivity contribution in [2.75, 3.05) is 20.0 Å². The molecule has 3 rings (SSSR count). The van der Waals surface area contributed by atoms with E-state index in [-0.39, 0.29) is 17.2 Å². The number of thioether (sulfide) groups is 1. The Morgan fingerprint density at radius 2 is 1.73 bits per heavy atom. The van der Waals surface area contributed by atoms with E-state index in [1.54, 1.807) is 20.3 Å². The number of benzene rings is 2. The van der Waals surface area contributed by atoms with Gasteiger partial charge < -0.3 is 14.0 Å². The van der Waals surface area contributed by atoms with Gasteiger partial charge in [0.25, 0.3) is 5.69 Å². The predicted octanol–water partition coefficient (Wildman–Crippen LogP) is 3.87. The van der Waals surface area contributed by atoms with Crippen LogP contribution in [0.3, 0.4) is 0 Å². The Hall–Kier alpha value is -3.40. The molecule has 156 valence electrons. The highest BCUT2D eigenvalue weighted by atomic mass is 32.2. The van der Waals surface area contributed by atoms with Crippen LogP contribution in [0.25, 0.3) is 11.4 Å². The highest BCUT2D eigenvalue weighted by molar-refractivity contribution is 7.99. The number of hydrogen-bond donors (Lipinski definition) is 0. The Morgan fingerprint density at radius 1 is 1.10 bits per heavy atom. The van der Waals surface area contributed by atoms with Crippen molar-refractivity contribution in [3.05, 3.63) is 58.1 Å². The molecule has 0 radical (unpaired) electrons. The molecule has 0 aliphatic carbocycles. The number of nitrogens with zero attached hydrogens (tertiary/aromatic N) is 4. The third-order valence-electron chi connectivity index (χ3n) is 4.38. The number of non-ortho nitro benzene ring substituents is 1. The molecule has 0 spiro atoms. The number of carbonyl (C=O) groups excluding carboxylic acids is 1. The van der Waals surface area contributed by atoms with Crippen molar-refractivity contribution >= 4 is 23.2 Å². The van der Waals surface area contributed by atoms with Crippen molar-refractivity contribution < 1.29 is 19.2 Å². The van der Waals surface area contributed by atoms with Crippen LogP contribution >= 0.6 is 11.8 Å². The quantitative estimate of drug-likeness (QED) is 0.219. The van der Waals surface area contributed by atoms with Crippen LogP contribution in [0, 0.1) is 10.1 Å². The minimum Gasteiger partial charge on any atom is -0.497 e. The lowest BCUT2D eigenvalue weighted by atomic mass is 10.1. The van der Waals surface area contributed by atoms with Gasteiger partial charge in [0.05, 0.1) is 24.9 Å². The molecule has 2 aromatic carbocycles. The number of aromatic nitrogens is 3. The maximum Gasteiger partial charge on any atom is 0.269 e. The molecule has 0 saturated heterocycles. The average molecular weight is 428 g/mol. The van der Waals surface area contributed by atoms with E-state index in [4.69, 9.17) is 9.47 Å². The summed E-state index contributed by atoms with van der Waals surface area (Å²) in [4.78, 5) is 22.7. The summed E-state index contributed by atoms with van der Waals surface area (Å²) in [5.74, 6) is 1.90. The fraction of sp³-hybridized carbons (Fsp3) is 0.250. The Bertz CT molecular complexity index is 1040. The highest BCUT2D eigenvalue weighted by Crippen LogP contribution is 2.31. The Labute approximate surface area is 177 Å². The van der Waals surface area contributed by atoms with E-state index in [0.29, 0.717) is 34.6 Å². The number of nitro groups is 1. The maximum atomic E-state index is 12.5. The van der Waals surface area contributed by atoms with Crippen molar-refractivity contribution in [1.82, 2.24) is 14.8 Å². The zero-order chi connectivity index (χ0) is 21.7. The van der Waals surface area contributed by atoms with Gasteiger partial charge in [-0.3, -0.25) is 14.9 Å². The molecule has 0 fully saturated rings. The van der Waals surface area contributed by atoms with Crippen molar-refractivity contribution in [3.8, 4) is 22.9 Å². The van der Waals surface area contributed by atoms with Gasteiger partial charge in [-0.2, -0.15) is 0 Å². The summed E-state index contributed by atoms with van der Waals surface area (Å²) in [6, 6.07) is 11.0. The third-order valence-corrected chi connectivity index (χ3v) is 5.34. The van der Waals surface area contributed by atoms with Crippen LogP contribution in [0.1, 0.15) is 17.3 Å². The molecule has 30 heavy (non-hydrogen) atoms. The summed E-state index contributed by atoms with van der Waals surface area (Å²) in [5, 5.41) is 19.9. The van der Waals surface area contributed by atoms with E-state index < -0.39 is 4.92 Å². The summed E-state index contributed by atoms with van der Waals surface area (Å²) < 4.78 is 12.5. The molecule has 1 aromatic heterocycles. The fourth-order valence-electron chi connectivity index (χ4n) is 2.81. The van der Waals surface area contributed by atoms with E-state index in [2.05, 4.69) is 10.2 Å². The topological polar surface area (TPSA) is 109 Å². The van der Waals surface area contributed by atoms with Crippen LogP contribution in [0.5, 0.6) is 11.5 Å². The van der Waals surface area contributed by atoms with Gasteiger partial charge in [-0.15, -0.1) is 10.2 Å². The third kappa shape index (κ3) is 4.60. The molecule has 0 aliphatic rings. The molecule has 0 aliphatic heterocycles. The molecule has 10 heteroatoms. The second kappa shape index (κ2) is 9.40. The molecule has 0 N–H and O–H groups in total. The summed E-state index contributed by atoms with van der Waals surface area (Å²) >= 11 is 1.26. The fourth-order valence-corrected chi connectivity index (χ4v) is 3.71. The largest absolute Gasteiger partial charge is 0.497 e. The standard InChI is InChI=1S/C20H20N4O5S/c1-4-23-19(14-9-16(28-2)11-17(10-14)29-3)21-22-20(23)30-12-18(25)13-5-7-15(8-6-13)24(26)27/h5-11H,4,12H2,1-3H3. The maximum absolute atomic E-state index is 12.5. The molecular formula is C20H20N4O5S. The van der Waals surface area contributed by atoms with Gasteiger partial charge in [0.2, 0.25) is 0 Å². The first kappa shape index (κ1) is 21.3. The molecular weight excluding hydrogens is 408 g/mol. The molecule has 3 aromatic rings. The molecule has 0 atom stereocenters. The summed E-state index contributed by atoms with van der Waals surface area (Å²) in [6.45, 7) is 2.57. The van der Waals surface area contributed by atoms with Crippen molar-refractivity contribution in [3.63, 3.8) is 0 Å². The lowest BCUT2D eigenvalue weighted by Crippen LogP contribution is -2.05. The van der Waals surface area contributed by atoms with Crippen LogP contribution in [-0.2, 0) is 6.54 Å². The van der Waals surface area contributed by atoms with Crippen LogP contribution in [0.4, 0.5) is 5.69 Å². The molecule has 0 bridgehead atoms. The van der Waals surface area contributed by atoms with E-state index in [0.717, 1.165) is 5.56 Å². The predicted molar refractivity (Wildman–Crippen MR) is 112 cm³/mol. The highest BCUT2D eigenvalue weighted by Gasteiger charge is 2.17. The zero-order valence-corrected chi connectivity index (χ0v) is 17.5. The minimum atomic E-state index is -0.498. The van der Waals surface area contributed by atoms with E-state index >= 15 is 0 Å². The van der Waals surface area contributed by atoms with Crippen LogP contribution in [-0.4, -0.2) is 45.4 Å². The van der Waals surface area contributed by atoms with Crippen molar-refractivity contribution in [1.29, 1.82) is 0 Å². The molecule has 1 heterocycles. The Kier molecular flexibility index (Phi) is 6.68.